The predicted molar refractivity (Wildman–Crippen MR) is 110 cm³/mol. The molecule has 3 aromatic heterocycles. The molecular formula is C21H24FN7O2. The fourth-order valence-electron chi connectivity index (χ4n) is 5.24. The van der Waals surface area contributed by atoms with Gasteiger partial charge < -0.3 is 15.4 Å². The van der Waals surface area contributed by atoms with Crippen LogP contribution in [0.1, 0.15) is 49.4 Å². The fourth-order valence-corrected chi connectivity index (χ4v) is 5.24. The maximum atomic E-state index is 15.1. The van der Waals surface area contributed by atoms with E-state index in [0.717, 1.165) is 36.4 Å². The van der Waals surface area contributed by atoms with Crippen LogP contribution in [0, 0.1) is 12.8 Å². The molecule has 1 amide bonds. The van der Waals surface area contributed by atoms with Crippen LogP contribution >= 0.6 is 0 Å². The lowest BCUT2D eigenvalue weighted by Gasteiger charge is -2.61. The van der Waals surface area contributed by atoms with Crippen molar-refractivity contribution in [2.75, 3.05) is 5.32 Å². The molecule has 4 fully saturated rings. The summed E-state index contributed by atoms with van der Waals surface area (Å²) in [4.78, 5) is 16.6. The van der Waals surface area contributed by atoms with Crippen LogP contribution in [-0.4, -0.2) is 48.7 Å². The van der Waals surface area contributed by atoms with Crippen molar-refractivity contribution in [1.29, 1.82) is 0 Å². The van der Waals surface area contributed by atoms with E-state index in [1.807, 2.05) is 13.0 Å². The van der Waals surface area contributed by atoms with Gasteiger partial charge in [-0.1, -0.05) is 0 Å². The molecule has 3 heterocycles. The number of alkyl halides is 1. The maximum Gasteiger partial charge on any atom is 0.407 e. The molecule has 3 aromatic rings. The van der Waals surface area contributed by atoms with Gasteiger partial charge in [0.25, 0.3) is 0 Å². The molecule has 10 heteroatoms. The number of fused-ring (bicyclic) bond motifs is 1. The van der Waals surface area contributed by atoms with Crippen LogP contribution in [0.25, 0.3) is 5.52 Å². The van der Waals surface area contributed by atoms with Crippen molar-refractivity contribution in [3.8, 4) is 0 Å². The molecule has 9 nitrogen and oxygen atoms in total. The quantitative estimate of drug-likeness (QED) is 0.578. The van der Waals surface area contributed by atoms with Crippen LogP contribution in [0.3, 0.4) is 0 Å². The fraction of sp³-hybridized carbons (Fsp3) is 0.524. The first-order valence-corrected chi connectivity index (χ1v) is 10.7. The monoisotopic (exact) mass is 425 g/mol. The first-order valence-electron chi connectivity index (χ1n) is 10.7. The number of aromatic amines is 1. The molecule has 0 unspecified atom stereocenters. The molecule has 31 heavy (non-hydrogen) atoms. The molecule has 162 valence electrons. The molecule has 2 bridgehead atoms. The van der Waals surface area contributed by atoms with E-state index >= 15 is 4.39 Å². The smallest absolute Gasteiger partial charge is 0.407 e. The van der Waals surface area contributed by atoms with E-state index in [9.17, 15) is 4.79 Å². The number of amides is 1. The molecule has 3 N–H and O–H groups in total. The molecule has 0 aromatic carbocycles. The first-order chi connectivity index (χ1) is 15.0. The average Bonchev–Trinajstić information content (AvgIpc) is 3.37. The van der Waals surface area contributed by atoms with Crippen LogP contribution in [0.4, 0.5) is 20.8 Å². The molecule has 7 rings (SSSR count). The number of nitrogens with one attached hydrogen (secondary N) is 3. The minimum Gasteiger partial charge on any atom is -0.443 e. The lowest BCUT2D eigenvalue weighted by Crippen LogP contribution is -2.68. The molecule has 0 radical (unpaired) electrons. The van der Waals surface area contributed by atoms with E-state index in [1.54, 1.807) is 23.0 Å². The van der Waals surface area contributed by atoms with Gasteiger partial charge in [0.1, 0.15) is 17.8 Å². The summed E-state index contributed by atoms with van der Waals surface area (Å²) in [6, 6.07) is 3.72. The largest absolute Gasteiger partial charge is 0.443 e. The highest BCUT2D eigenvalue weighted by Gasteiger charge is 2.58. The van der Waals surface area contributed by atoms with Crippen LogP contribution in [-0.2, 0) is 4.74 Å². The molecule has 4 aliphatic carbocycles. The summed E-state index contributed by atoms with van der Waals surface area (Å²) in [5.41, 5.74) is 2.32. The number of carbonyl (C=O) groups excluding carboxylic acids is 1. The van der Waals surface area contributed by atoms with Gasteiger partial charge in [-0.2, -0.15) is 10.2 Å². The Bertz CT molecular complexity index is 1140. The van der Waals surface area contributed by atoms with Crippen molar-refractivity contribution < 1.29 is 13.9 Å². The van der Waals surface area contributed by atoms with Crippen molar-refractivity contribution in [2.45, 2.75) is 62.8 Å². The number of nitrogens with zero attached hydrogens (tertiary/aromatic N) is 4. The van der Waals surface area contributed by atoms with Gasteiger partial charge in [-0.05, 0) is 51.0 Å². The van der Waals surface area contributed by atoms with Crippen LogP contribution in [0.2, 0.25) is 0 Å². The number of hydrogen-bond acceptors (Lipinski definition) is 6. The van der Waals surface area contributed by atoms with E-state index in [2.05, 4.69) is 30.9 Å². The van der Waals surface area contributed by atoms with E-state index in [1.165, 1.54) is 0 Å². The zero-order valence-corrected chi connectivity index (χ0v) is 17.1. The topological polar surface area (TPSA) is 109 Å². The summed E-state index contributed by atoms with van der Waals surface area (Å²) < 4.78 is 22.3. The maximum absolute atomic E-state index is 15.1. The second-order valence-corrected chi connectivity index (χ2v) is 9.18. The Kier molecular flexibility index (Phi) is 4.00. The number of rotatable bonds is 5. The van der Waals surface area contributed by atoms with Crippen molar-refractivity contribution in [3.05, 3.63) is 35.9 Å². The zero-order valence-electron chi connectivity index (χ0n) is 17.1. The third kappa shape index (κ3) is 3.12. The molecule has 4 aliphatic rings. The van der Waals surface area contributed by atoms with E-state index in [-0.39, 0.29) is 5.54 Å². The second kappa shape index (κ2) is 6.66. The Labute approximate surface area is 177 Å². The van der Waals surface area contributed by atoms with E-state index < -0.39 is 24.3 Å². The number of ether oxygens (including phenoxy) is 1. The predicted octanol–water partition coefficient (Wildman–Crippen LogP) is 3.37. The number of anilines is 2. The highest BCUT2D eigenvalue weighted by molar-refractivity contribution is 5.72. The zero-order chi connectivity index (χ0) is 21.2. The lowest BCUT2D eigenvalue weighted by molar-refractivity contribution is -0.0532. The van der Waals surface area contributed by atoms with Gasteiger partial charge in [0.15, 0.2) is 11.6 Å². The van der Waals surface area contributed by atoms with E-state index in [4.69, 9.17) is 4.74 Å². The van der Waals surface area contributed by atoms with Crippen LogP contribution in [0.5, 0.6) is 0 Å². The number of carbonyl (C=O) groups is 1. The third-order valence-corrected chi connectivity index (χ3v) is 6.92. The van der Waals surface area contributed by atoms with Crippen molar-refractivity contribution in [1.82, 2.24) is 30.1 Å². The number of alkyl carbamates (subject to hydrolysis) is 1. The number of aromatic nitrogens is 5. The highest BCUT2D eigenvalue weighted by atomic mass is 19.1. The summed E-state index contributed by atoms with van der Waals surface area (Å²) in [6.45, 7) is 1.92. The van der Waals surface area contributed by atoms with Gasteiger partial charge in [0.2, 0.25) is 0 Å². The molecule has 3 atom stereocenters. The Morgan fingerprint density at radius 3 is 2.94 bits per heavy atom. The molecule has 0 spiro atoms. The molecular weight excluding hydrogens is 401 g/mol. The molecule has 0 saturated heterocycles. The summed E-state index contributed by atoms with van der Waals surface area (Å²) >= 11 is 0. The minimum absolute atomic E-state index is 0.0690. The molecule has 0 aliphatic heterocycles. The Morgan fingerprint density at radius 2 is 2.16 bits per heavy atom. The van der Waals surface area contributed by atoms with Crippen molar-refractivity contribution in [2.24, 2.45) is 5.92 Å². The Hall–Kier alpha value is -3.17. The van der Waals surface area contributed by atoms with Gasteiger partial charge in [-0.25, -0.2) is 18.7 Å². The van der Waals surface area contributed by atoms with Crippen molar-refractivity contribution >= 4 is 23.2 Å². The SMILES string of the molecule is Cc1cc2c(Nc3cc([C@H]4CC[C@@H](OC(=O)NC56CC(C5)C6)[C@H]4F)[nH]n3)nccn2n1. The number of H-pyrrole nitrogens is 1. The van der Waals surface area contributed by atoms with E-state index in [0.29, 0.717) is 30.2 Å². The minimum atomic E-state index is -1.27. The van der Waals surface area contributed by atoms with Gasteiger partial charge in [0.05, 0.1) is 5.69 Å². The summed E-state index contributed by atoms with van der Waals surface area (Å²) in [5.74, 6) is 1.54. The van der Waals surface area contributed by atoms with Gasteiger partial charge >= 0.3 is 6.09 Å². The standard InChI is InChI=1S/C21H24FN7O2/c1-11-6-15-19(23-4-5-29(15)28-11)24-17-7-14(26-27-17)13-2-3-16(18(13)22)31-20(30)25-21-8-12(9-21)10-21/h4-7,12-13,16,18H,2-3,8-10H2,1H3,(H,25,30)(H2,23,24,26,27)/t12?,13-,16-,18+,21?/m1/s1. The normalized spacial score (nSPS) is 31.2. The number of hydrogen-bond donors (Lipinski definition) is 3. The second-order valence-electron chi connectivity index (χ2n) is 9.18. The summed E-state index contributed by atoms with van der Waals surface area (Å²) in [7, 11) is 0. The summed E-state index contributed by atoms with van der Waals surface area (Å²) in [6.07, 6.45) is 5.10. The number of aryl methyl sites for hydroxylation is 1. The van der Waals surface area contributed by atoms with Gasteiger partial charge in [-0.15, -0.1) is 0 Å². The highest BCUT2D eigenvalue weighted by Crippen LogP contribution is 2.57. The van der Waals surface area contributed by atoms with Crippen LogP contribution < -0.4 is 10.6 Å². The van der Waals surface area contributed by atoms with Gasteiger partial charge in [-0.3, -0.25) is 5.10 Å². The lowest BCUT2D eigenvalue weighted by atomic mass is 9.50. The Morgan fingerprint density at radius 1 is 1.32 bits per heavy atom. The van der Waals surface area contributed by atoms with Crippen molar-refractivity contribution in [3.63, 3.8) is 0 Å². The van der Waals surface area contributed by atoms with Gasteiger partial charge in [0, 0.05) is 35.6 Å². The number of halogens is 1. The third-order valence-electron chi connectivity index (χ3n) is 6.92. The van der Waals surface area contributed by atoms with Crippen LogP contribution in [0.15, 0.2) is 24.5 Å². The molecule has 4 saturated carbocycles. The first kappa shape index (κ1) is 18.6. The average molecular weight is 425 g/mol. The Balaban J connectivity index is 1.11. The summed E-state index contributed by atoms with van der Waals surface area (Å²) in [5, 5.41) is 17.7.